The van der Waals surface area contributed by atoms with E-state index < -0.39 is 11.6 Å². The van der Waals surface area contributed by atoms with Gasteiger partial charge in [0.2, 0.25) is 0 Å². The molecule has 2 rings (SSSR count). The Morgan fingerprint density at radius 1 is 1.18 bits per heavy atom. The molecule has 17 heavy (non-hydrogen) atoms. The molecule has 88 valence electrons. The Hall–Kier alpha value is -1.49. The second-order valence-corrected chi connectivity index (χ2v) is 4.45. The van der Waals surface area contributed by atoms with Crippen LogP contribution in [0.25, 0.3) is 0 Å². The summed E-state index contributed by atoms with van der Waals surface area (Å²) in [6.07, 6.45) is 1.69. The molecule has 1 heterocycles. The first-order valence-electron chi connectivity index (χ1n) is 4.90. The molecular formula is C12H9BrF2N2. The summed E-state index contributed by atoms with van der Waals surface area (Å²) < 4.78 is 26.5. The summed E-state index contributed by atoms with van der Waals surface area (Å²) in [5, 5.41) is 2.90. The minimum absolute atomic E-state index is 0.445. The van der Waals surface area contributed by atoms with Gasteiger partial charge in [-0.3, -0.25) is 0 Å². The third-order valence-electron chi connectivity index (χ3n) is 2.16. The Morgan fingerprint density at radius 2 is 1.94 bits per heavy atom. The second-order valence-electron chi connectivity index (χ2n) is 3.60. The van der Waals surface area contributed by atoms with Crippen molar-refractivity contribution < 1.29 is 8.78 Å². The summed E-state index contributed by atoms with van der Waals surface area (Å²) in [7, 11) is 0. The molecule has 0 saturated carbocycles. The van der Waals surface area contributed by atoms with Crippen molar-refractivity contribution in [3.05, 3.63) is 52.1 Å². The smallest absolute Gasteiger partial charge is 0.160 e. The standard InChI is InChI=1S/C12H9BrF2N2/c1-7-4-9(13)12(16-6-7)17-8-2-3-10(14)11(15)5-8/h2-6H,1H3,(H,16,17). The molecule has 0 spiro atoms. The molecule has 0 radical (unpaired) electrons. The van der Waals surface area contributed by atoms with Gasteiger partial charge in [-0.25, -0.2) is 13.8 Å². The van der Waals surface area contributed by atoms with Gasteiger partial charge < -0.3 is 5.32 Å². The van der Waals surface area contributed by atoms with Gasteiger partial charge in [-0.15, -0.1) is 0 Å². The quantitative estimate of drug-likeness (QED) is 0.900. The van der Waals surface area contributed by atoms with Gasteiger partial charge in [-0.2, -0.15) is 0 Å². The number of rotatable bonds is 2. The molecule has 0 unspecified atom stereocenters. The van der Waals surface area contributed by atoms with Crippen LogP contribution in [0.4, 0.5) is 20.3 Å². The van der Waals surface area contributed by atoms with Gasteiger partial charge >= 0.3 is 0 Å². The summed E-state index contributed by atoms with van der Waals surface area (Å²) in [6, 6.07) is 5.49. The Morgan fingerprint density at radius 3 is 2.59 bits per heavy atom. The summed E-state index contributed by atoms with van der Waals surface area (Å²) in [4.78, 5) is 4.15. The third kappa shape index (κ3) is 2.79. The van der Waals surface area contributed by atoms with Crippen molar-refractivity contribution in [3.8, 4) is 0 Å². The van der Waals surface area contributed by atoms with Gasteiger partial charge in [0.1, 0.15) is 5.82 Å². The fourth-order valence-electron chi connectivity index (χ4n) is 1.34. The van der Waals surface area contributed by atoms with Gasteiger partial charge in [0.05, 0.1) is 4.47 Å². The number of nitrogens with zero attached hydrogens (tertiary/aromatic N) is 1. The maximum Gasteiger partial charge on any atom is 0.160 e. The monoisotopic (exact) mass is 298 g/mol. The SMILES string of the molecule is Cc1cnc(Nc2ccc(F)c(F)c2)c(Br)c1. The molecule has 0 aliphatic heterocycles. The van der Waals surface area contributed by atoms with Crippen LogP contribution in [0.3, 0.4) is 0 Å². The van der Waals surface area contributed by atoms with Crippen molar-refractivity contribution in [1.82, 2.24) is 4.98 Å². The molecule has 1 aromatic carbocycles. The zero-order valence-electron chi connectivity index (χ0n) is 8.97. The van der Waals surface area contributed by atoms with Crippen LogP contribution in [-0.4, -0.2) is 4.98 Å². The molecule has 0 bridgehead atoms. The molecule has 5 heteroatoms. The first kappa shape index (κ1) is 12.0. The Balaban J connectivity index is 2.28. The number of benzene rings is 1. The summed E-state index contributed by atoms with van der Waals surface area (Å²) in [5.74, 6) is -1.20. The number of halogens is 3. The molecule has 0 amide bonds. The van der Waals surface area contributed by atoms with Crippen molar-refractivity contribution in [3.63, 3.8) is 0 Å². The van der Waals surface area contributed by atoms with E-state index in [1.54, 1.807) is 6.20 Å². The maximum atomic E-state index is 13.0. The highest BCUT2D eigenvalue weighted by atomic mass is 79.9. The van der Waals surface area contributed by atoms with E-state index in [0.717, 1.165) is 22.2 Å². The molecule has 0 atom stereocenters. The number of aromatic nitrogens is 1. The number of anilines is 2. The number of nitrogens with one attached hydrogen (secondary N) is 1. The average molecular weight is 299 g/mol. The molecule has 0 saturated heterocycles. The van der Waals surface area contributed by atoms with Crippen LogP contribution in [0.15, 0.2) is 34.9 Å². The van der Waals surface area contributed by atoms with Crippen molar-refractivity contribution >= 4 is 27.4 Å². The van der Waals surface area contributed by atoms with E-state index in [1.807, 2.05) is 13.0 Å². The maximum absolute atomic E-state index is 13.0. The van der Waals surface area contributed by atoms with Gasteiger partial charge in [-0.1, -0.05) is 0 Å². The predicted molar refractivity (Wildman–Crippen MR) is 66.3 cm³/mol. The number of pyridine rings is 1. The minimum atomic E-state index is -0.891. The Kier molecular flexibility index (Phi) is 3.38. The molecular weight excluding hydrogens is 290 g/mol. The molecule has 0 aliphatic rings. The lowest BCUT2D eigenvalue weighted by molar-refractivity contribution is 0.509. The van der Waals surface area contributed by atoms with E-state index in [4.69, 9.17) is 0 Å². The number of hydrogen-bond donors (Lipinski definition) is 1. The van der Waals surface area contributed by atoms with Crippen LogP contribution in [-0.2, 0) is 0 Å². The Bertz CT molecular complexity index is 558. The minimum Gasteiger partial charge on any atom is -0.339 e. The average Bonchev–Trinajstić information content (AvgIpc) is 2.27. The first-order chi connectivity index (χ1) is 8.06. The number of aryl methyl sites for hydroxylation is 1. The van der Waals surface area contributed by atoms with Crippen LogP contribution in [0, 0.1) is 18.6 Å². The highest BCUT2D eigenvalue weighted by Crippen LogP contribution is 2.24. The van der Waals surface area contributed by atoms with E-state index in [9.17, 15) is 8.78 Å². The van der Waals surface area contributed by atoms with Gasteiger partial charge in [0.25, 0.3) is 0 Å². The zero-order chi connectivity index (χ0) is 12.4. The van der Waals surface area contributed by atoms with Crippen LogP contribution in [0.2, 0.25) is 0 Å². The lowest BCUT2D eigenvalue weighted by Gasteiger charge is -2.08. The topological polar surface area (TPSA) is 24.9 Å². The highest BCUT2D eigenvalue weighted by Gasteiger charge is 2.05. The summed E-state index contributed by atoms with van der Waals surface area (Å²) in [5.41, 5.74) is 1.45. The van der Waals surface area contributed by atoms with Gasteiger partial charge in [-0.05, 0) is 46.6 Å². The van der Waals surface area contributed by atoms with E-state index in [-0.39, 0.29) is 0 Å². The van der Waals surface area contributed by atoms with Crippen LogP contribution < -0.4 is 5.32 Å². The highest BCUT2D eigenvalue weighted by molar-refractivity contribution is 9.10. The van der Waals surface area contributed by atoms with E-state index in [1.165, 1.54) is 6.07 Å². The predicted octanol–water partition coefficient (Wildman–Crippen LogP) is 4.17. The largest absolute Gasteiger partial charge is 0.339 e. The fraction of sp³-hybridized carbons (Fsp3) is 0.0833. The van der Waals surface area contributed by atoms with E-state index in [0.29, 0.717) is 11.5 Å². The van der Waals surface area contributed by atoms with Crippen molar-refractivity contribution in [1.29, 1.82) is 0 Å². The lowest BCUT2D eigenvalue weighted by atomic mass is 10.3. The lowest BCUT2D eigenvalue weighted by Crippen LogP contribution is -1.96. The van der Waals surface area contributed by atoms with Crippen molar-refractivity contribution in [2.75, 3.05) is 5.32 Å². The summed E-state index contributed by atoms with van der Waals surface area (Å²) in [6.45, 7) is 1.92. The first-order valence-corrected chi connectivity index (χ1v) is 5.70. The fourth-order valence-corrected chi connectivity index (χ4v) is 1.90. The molecule has 2 aromatic rings. The molecule has 0 aliphatic carbocycles. The molecule has 1 aromatic heterocycles. The van der Waals surface area contributed by atoms with Crippen molar-refractivity contribution in [2.45, 2.75) is 6.92 Å². The zero-order valence-corrected chi connectivity index (χ0v) is 10.6. The third-order valence-corrected chi connectivity index (χ3v) is 2.76. The molecule has 0 fully saturated rings. The van der Waals surface area contributed by atoms with Crippen molar-refractivity contribution in [2.24, 2.45) is 0 Å². The molecule has 2 nitrogen and oxygen atoms in total. The van der Waals surface area contributed by atoms with Gasteiger partial charge in [0.15, 0.2) is 11.6 Å². The van der Waals surface area contributed by atoms with Gasteiger partial charge in [0, 0.05) is 18.0 Å². The van der Waals surface area contributed by atoms with Crippen LogP contribution >= 0.6 is 15.9 Å². The number of hydrogen-bond acceptors (Lipinski definition) is 2. The van der Waals surface area contributed by atoms with Crippen LogP contribution in [0.1, 0.15) is 5.56 Å². The van der Waals surface area contributed by atoms with E-state index in [2.05, 4.69) is 26.2 Å². The second kappa shape index (κ2) is 4.79. The Labute approximate surface area is 106 Å². The normalized spacial score (nSPS) is 10.4. The molecule has 1 N–H and O–H groups in total. The van der Waals surface area contributed by atoms with E-state index >= 15 is 0 Å². The summed E-state index contributed by atoms with van der Waals surface area (Å²) >= 11 is 3.34. The van der Waals surface area contributed by atoms with Crippen LogP contribution in [0.5, 0.6) is 0 Å².